The van der Waals surface area contributed by atoms with Gasteiger partial charge in [0.25, 0.3) is 0 Å². The van der Waals surface area contributed by atoms with Gasteiger partial charge in [-0.2, -0.15) is 0 Å². The molecule has 0 aliphatic rings. The minimum atomic E-state index is -0.254. The Hall–Kier alpha value is -2.33. The van der Waals surface area contributed by atoms with Crippen molar-refractivity contribution in [3.05, 3.63) is 65.7 Å². The molecule has 4 heteroatoms. The van der Waals surface area contributed by atoms with Crippen molar-refractivity contribution in [2.75, 3.05) is 27.4 Å². The van der Waals surface area contributed by atoms with E-state index < -0.39 is 0 Å². The summed E-state index contributed by atoms with van der Waals surface area (Å²) in [5.41, 5.74) is 2.53. The minimum absolute atomic E-state index is 0.0546. The molecule has 4 nitrogen and oxygen atoms in total. The van der Waals surface area contributed by atoms with Crippen LogP contribution in [0.1, 0.15) is 56.6 Å². The van der Waals surface area contributed by atoms with Gasteiger partial charge in [0.15, 0.2) is 6.54 Å². The molecule has 0 spiro atoms. The molecular formula is C26H38NO3+. The van der Waals surface area contributed by atoms with E-state index in [9.17, 15) is 4.79 Å². The second-order valence-electron chi connectivity index (χ2n) is 8.68. The Labute approximate surface area is 182 Å². The van der Waals surface area contributed by atoms with E-state index in [0.717, 1.165) is 18.7 Å². The van der Waals surface area contributed by atoms with E-state index in [-0.39, 0.29) is 12.8 Å². The van der Waals surface area contributed by atoms with E-state index in [1.54, 1.807) is 0 Å². The van der Waals surface area contributed by atoms with Gasteiger partial charge in [0.2, 0.25) is 6.79 Å². The first-order valence-electron chi connectivity index (χ1n) is 11.2. The summed E-state index contributed by atoms with van der Waals surface area (Å²) in [6.45, 7) is 3.27. The first kappa shape index (κ1) is 23.9. The summed E-state index contributed by atoms with van der Waals surface area (Å²) < 4.78 is 11.4. The highest BCUT2D eigenvalue weighted by Gasteiger charge is 2.21. The molecule has 0 saturated heterocycles. The van der Waals surface area contributed by atoms with Crippen molar-refractivity contribution >= 4 is 5.97 Å². The second kappa shape index (κ2) is 13.1. The maximum Gasteiger partial charge on any atom is 0.364 e. The molecular weight excluding hydrogens is 374 g/mol. The monoisotopic (exact) mass is 412 g/mol. The predicted octanol–water partition coefficient (Wildman–Crippen LogP) is 5.75. The van der Waals surface area contributed by atoms with E-state index in [0.29, 0.717) is 11.0 Å². The van der Waals surface area contributed by atoms with Crippen molar-refractivity contribution in [3.8, 4) is 5.75 Å². The molecule has 0 radical (unpaired) electrons. The Morgan fingerprint density at radius 1 is 0.833 bits per heavy atom. The summed E-state index contributed by atoms with van der Waals surface area (Å²) >= 11 is 0. The number of carbonyl (C=O) groups is 1. The zero-order valence-electron chi connectivity index (χ0n) is 18.9. The number of quaternary nitrogens is 1. The molecule has 0 unspecified atom stereocenters. The summed E-state index contributed by atoms with van der Waals surface area (Å²) in [6, 6.07) is 18.3. The number of esters is 1. The minimum Gasteiger partial charge on any atom is -0.457 e. The lowest BCUT2D eigenvalue weighted by molar-refractivity contribution is -0.896. The SMILES string of the molecule is CCCCCCCCc1ccc(OCOC(=O)C[N+](C)(C)Cc2ccccc2)cc1. The largest absolute Gasteiger partial charge is 0.457 e. The Kier molecular flexibility index (Phi) is 10.4. The van der Waals surface area contributed by atoms with E-state index in [2.05, 4.69) is 31.2 Å². The Bertz CT molecular complexity index is 726. The van der Waals surface area contributed by atoms with Crippen molar-refractivity contribution in [1.29, 1.82) is 0 Å². The molecule has 0 amide bonds. The van der Waals surface area contributed by atoms with Crippen LogP contribution in [0.3, 0.4) is 0 Å². The van der Waals surface area contributed by atoms with Gasteiger partial charge in [-0.3, -0.25) is 0 Å². The van der Waals surface area contributed by atoms with Crippen LogP contribution in [0.4, 0.5) is 0 Å². The number of benzene rings is 2. The summed E-state index contributed by atoms with van der Waals surface area (Å²) in [5, 5.41) is 0. The fourth-order valence-corrected chi connectivity index (χ4v) is 3.55. The highest BCUT2D eigenvalue weighted by molar-refractivity contribution is 5.70. The fourth-order valence-electron chi connectivity index (χ4n) is 3.55. The van der Waals surface area contributed by atoms with E-state index >= 15 is 0 Å². The van der Waals surface area contributed by atoms with Crippen LogP contribution < -0.4 is 4.74 Å². The van der Waals surface area contributed by atoms with Crippen LogP contribution in [0.15, 0.2) is 54.6 Å². The maximum atomic E-state index is 12.2. The molecule has 0 bridgehead atoms. The zero-order chi connectivity index (χ0) is 21.7. The smallest absolute Gasteiger partial charge is 0.364 e. The third-order valence-electron chi connectivity index (χ3n) is 5.20. The molecule has 0 fully saturated rings. The lowest BCUT2D eigenvalue weighted by Crippen LogP contribution is -2.43. The molecule has 0 heterocycles. The van der Waals surface area contributed by atoms with Gasteiger partial charge in [-0.15, -0.1) is 0 Å². The van der Waals surface area contributed by atoms with Crippen molar-refractivity contribution in [3.63, 3.8) is 0 Å². The number of hydrogen-bond acceptors (Lipinski definition) is 3. The topological polar surface area (TPSA) is 35.5 Å². The molecule has 164 valence electrons. The molecule has 2 aromatic rings. The van der Waals surface area contributed by atoms with Gasteiger partial charge in [0.05, 0.1) is 14.1 Å². The molecule has 0 atom stereocenters. The molecule has 0 aliphatic carbocycles. The Morgan fingerprint density at radius 3 is 2.20 bits per heavy atom. The summed E-state index contributed by atoms with van der Waals surface area (Å²) in [4.78, 5) is 12.2. The zero-order valence-corrected chi connectivity index (χ0v) is 18.9. The van der Waals surface area contributed by atoms with E-state index in [4.69, 9.17) is 9.47 Å². The van der Waals surface area contributed by atoms with E-state index in [1.807, 2.05) is 44.4 Å². The number of nitrogens with zero attached hydrogens (tertiary/aromatic N) is 1. The van der Waals surface area contributed by atoms with Crippen molar-refractivity contribution in [2.45, 2.75) is 58.4 Å². The fraction of sp³-hybridized carbons (Fsp3) is 0.500. The van der Waals surface area contributed by atoms with E-state index in [1.165, 1.54) is 49.7 Å². The van der Waals surface area contributed by atoms with Crippen LogP contribution in [-0.4, -0.2) is 37.9 Å². The number of carbonyl (C=O) groups excluding carboxylic acids is 1. The van der Waals surface area contributed by atoms with Gasteiger partial charge in [0.1, 0.15) is 12.3 Å². The molecule has 0 saturated carbocycles. The van der Waals surface area contributed by atoms with Gasteiger partial charge in [-0.25, -0.2) is 4.79 Å². The quantitative estimate of drug-likeness (QED) is 0.172. The highest BCUT2D eigenvalue weighted by Crippen LogP contribution is 2.15. The molecule has 30 heavy (non-hydrogen) atoms. The highest BCUT2D eigenvalue weighted by atomic mass is 16.7. The average Bonchev–Trinajstić information content (AvgIpc) is 2.71. The Morgan fingerprint density at radius 2 is 1.50 bits per heavy atom. The van der Waals surface area contributed by atoms with Crippen LogP contribution in [0.5, 0.6) is 5.75 Å². The normalized spacial score (nSPS) is 11.3. The van der Waals surface area contributed by atoms with Crippen molar-refractivity contribution < 1.29 is 18.8 Å². The predicted molar refractivity (Wildman–Crippen MR) is 122 cm³/mol. The van der Waals surface area contributed by atoms with Crippen LogP contribution in [0.25, 0.3) is 0 Å². The summed E-state index contributed by atoms with van der Waals surface area (Å²) in [5.74, 6) is 0.475. The number of likely N-dealkylation sites (N-methyl/N-ethyl adjacent to an activating group) is 1. The second-order valence-corrected chi connectivity index (χ2v) is 8.68. The third-order valence-corrected chi connectivity index (χ3v) is 5.20. The third kappa shape index (κ3) is 9.93. The number of hydrogen-bond donors (Lipinski definition) is 0. The number of unbranched alkanes of at least 4 members (excludes halogenated alkanes) is 5. The maximum absolute atomic E-state index is 12.2. The molecule has 0 aliphatic heterocycles. The molecule has 0 aromatic heterocycles. The lowest BCUT2D eigenvalue weighted by Gasteiger charge is -2.28. The van der Waals surface area contributed by atoms with Gasteiger partial charge in [-0.05, 0) is 30.5 Å². The number of rotatable bonds is 14. The lowest BCUT2D eigenvalue weighted by atomic mass is 10.1. The molecule has 2 rings (SSSR count). The first-order valence-corrected chi connectivity index (χ1v) is 11.2. The number of aryl methyl sites for hydroxylation is 1. The van der Waals surface area contributed by atoms with Crippen LogP contribution in [0.2, 0.25) is 0 Å². The standard InChI is InChI=1S/C26H38NO3/c1-4-5-6-7-8-10-13-23-16-18-25(19-17-23)29-22-30-26(28)21-27(2,3)20-24-14-11-9-12-15-24/h9,11-12,14-19H,4-8,10,13,20-22H2,1-3H3/q+1. The van der Waals surface area contributed by atoms with Gasteiger partial charge < -0.3 is 14.0 Å². The van der Waals surface area contributed by atoms with Crippen molar-refractivity contribution in [1.82, 2.24) is 0 Å². The number of ether oxygens (including phenoxy) is 2. The van der Waals surface area contributed by atoms with Crippen molar-refractivity contribution in [2.24, 2.45) is 0 Å². The first-order chi connectivity index (χ1) is 14.5. The van der Waals surface area contributed by atoms with Crippen LogP contribution >= 0.6 is 0 Å². The van der Waals surface area contributed by atoms with Gasteiger partial charge in [0, 0.05) is 5.56 Å². The van der Waals surface area contributed by atoms with Gasteiger partial charge >= 0.3 is 5.97 Å². The van der Waals surface area contributed by atoms with Crippen LogP contribution in [0, 0.1) is 0 Å². The van der Waals surface area contributed by atoms with Crippen LogP contribution in [-0.2, 0) is 22.5 Å². The molecule has 0 N–H and O–H groups in total. The van der Waals surface area contributed by atoms with Gasteiger partial charge in [-0.1, -0.05) is 81.5 Å². The Balaban J connectivity index is 1.64. The summed E-state index contributed by atoms with van der Waals surface area (Å²) in [6.07, 6.45) is 8.97. The molecule has 2 aromatic carbocycles. The summed E-state index contributed by atoms with van der Waals surface area (Å²) in [7, 11) is 4.05. The average molecular weight is 413 g/mol.